The van der Waals surface area contributed by atoms with Gasteiger partial charge in [-0.25, -0.2) is 4.39 Å². The van der Waals surface area contributed by atoms with Gasteiger partial charge in [0, 0.05) is 6.54 Å². The Morgan fingerprint density at radius 2 is 2.23 bits per heavy atom. The molecule has 0 unspecified atom stereocenters. The van der Waals surface area contributed by atoms with Crippen LogP contribution >= 0.6 is 0 Å². The van der Waals surface area contributed by atoms with Crippen LogP contribution in [0.1, 0.15) is 12.0 Å². The Labute approximate surface area is 77.9 Å². The summed E-state index contributed by atoms with van der Waals surface area (Å²) < 4.78 is 13.2. The summed E-state index contributed by atoms with van der Waals surface area (Å²) in [5.74, 6) is -0.197. The molecule has 0 radical (unpaired) electrons. The van der Waals surface area contributed by atoms with Gasteiger partial charge in [-0.3, -0.25) is 0 Å². The minimum Gasteiger partial charge on any atom is -0.383 e. The van der Waals surface area contributed by atoms with Crippen LogP contribution in [-0.4, -0.2) is 13.1 Å². The van der Waals surface area contributed by atoms with Crippen molar-refractivity contribution in [3.05, 3.63) is 29.6 Å². The molecule has 0 atom stereocenters. The molecule has 13 heavy (non-hydrogen) atoms. The van der Waals surface area contributed by atoms with Gasteiger partial charge in [-0.15, -0.1) is 0 Å². The highest BCUT2D eigenvalue weighted by Gasteiger charge is 1.99. The van der Waals surface area contributed by atoms with Gasteiger partial charge < -0.3 is 11.1 Å². The Bertz CT molecular complexity index is 274. The Morgan fingerprint density at radius 3 is 2.85 bits per heavy atom. The maximum atomic E-state index is 13.2. The molecule has 0 aromatic heterocycles. The van der Waals surface area contributed by atoms with E-state index in [0.717, 1.165) is 18.5 Å². The Kier molecular flexibility index (Phi) is 3.71. The van der Waals surface area contributed by atoms with Gasteiger partial charge in [-0.1, -0.05) is 6.07 Å². The van der Waals surface area contributed by atoms with E-state index in [1.807, 2.05) is 13.0 Å². The van der Waals surface area contributed by atoms with E-state index in [0.29, 0.717) is 12.2 Å². The lowest BCUT2D eigenvalue weighted by molar-refractivity contribution is 0.628. The third-order valence-corrected chi connectivity index (χ3v) is 1.82. The van der Waals surface area contributed by atoms with E-state index in [2.05, 4.69) is 5.32 Å². The van der Waals surface area contributed by atoms with E-state index in [-0.39, 0.29) is 5.82 Å². The average molecular weight is 182 g/mol. The molecule has 0 amide bonds. The molecule has 1 aromatic rings. The maximum absolute atomic E-state index is 13.2. The molecule has 3 heteroatoms. The van der Waals surface area contributed by atoms with Gasteiger partial charge in [-0.05, 0) is 37.6 Å². The summed E-state index contributed by atoms with van der Waals surface area (Å²) in [6.07, 6.45) is 0.854. The first-order chi connectivity index (χ1) is 6.24. The van der Waals surface area contributed by atoms with Crippen molar-refractivity contribution in [1.82, 2.24) is 0 Å². The van der Waals surface area contributed by atoms with Crippen molar-refractivity contribution in [2.75, 3.05) is 18.4 Å². The van der Waals surface area contributed by atoms with Crippen molar-refractivity contribution in [3.63, 3.8) is 0 Å². The fourth-order valence-electron chi connectivity index (χ4n) is 1.09. The number of anilines is 1. The summed E-state index contributed by atoms with van der Waals surface area (Å²) in [7, 11) is 0. The lowest BCUT2D eigenvalue weighted by atomic mass is 10.2. The first-order valence-electron chi connectivity index (χ1n) is 4.44. The third-order valence-electron chi connectivity index (χ3n) is 1.82. The third kappa shape index (κ3) is 3.03. The van der Waals surface area contributed by atoms with E-state index in [9.17, 15) is 4.39 Å². The van der Waals surface area contributed by atoms with Gasteiger partial charge >= 0.3 is 0 Å². The molecule has 2 nitrogen and oxygen atoms in total. The molecule has 0 spiro atoms. The van der Waals surface area contributed by atoms with E-state index in [1.165, 1.54) is 6.07 Å². The number of nitrogens with two attached hydrogens (primary N) is 1. The van der Waals surface area contributed by atoms with Crippen LogP contribution in [0.4, 0.5) is 10.1 Å². The molecule has 1 rings (SSSR count). The maximum Gasteiger partial charge on any atom is 0.146 e. The molecule has 0 heterocycles. The van der Waals surface area contributed by atoms with E-state index in [1.54, 1.807) is 6.07 Å². The Hall–Kier alpha value is -1.09. The molecule has 1 aromatic carbocycles. The van der Waals surface area contributed by atoms with Crippen molar-refractivity contribution in [1.29, 1.82) is 0 Å². The average Bonchev–Trinajstić information content (AvgIpc) is 2.09. The summed E-state index contributed by atoms with van der Waals surface area (Å²) in [5, 5.41) is 2.99. The molecule has 72 valence electrons. The number of hydrogen-bond acceptors (Lipinski definition) is 2. The van der Waals surface area contributed by atoms with Gasteiger partial charge in [0.1, 0.15) is 5.82 Å². The quantitative estimate of drug-likeness (QED) is 0.698. The molecule has 0 saturated carbocycles. The molecule has 0 aliphatic rings. The van der Waals surface area contributed by atoms with Crippen LogP contribution in [0.3, 0.4) is 0 Å². The molecule has 0 aliphatic heterocycles. The second kappa shape index (κ2) is 4.82. The Morgan fingerprint density at radius 1 is 1.46 bits per heavy atom. The van der Waals surface area contributed by atoms with Crippen LogP contribution in [0.15, 0.2) is 18.2 Å². The fraction of sp³-hybridized carbons (Fsp3) is 0.400. The van der Waals surface area contributed by atoms with Gasteiger partial charge in [0.2, 0.25) is 0 Å². The van der Waals surface area contributed by atoms with Crippen LogP contribution in [-0.2, 0) is 0 Å². The zero-order chi connectivity index (χ0) is 9.68. The minimum absolute atomic E-state index is 0.197. The monoisotopic (exact) mass is 182 g/mol. The van der Waals surface area contributed by atoms with Gasteiger partial charge in [-0.2, -0.15) is 0 Å². The predicted molar refractivity (Wildman–Crippen MR) is 53.3 cm³/mol. The first-order valence-corrected chi connectivity index (χ1v) is 4.44. The summed E-state index contributed by atoms with van der Waals surface area (Å²) in [5.41, 5.74) is 6.81. The lowest BCUT2D eigenvalue weighted by Gasteiger charge is -2.06. The van der Waals surface area contributed by atoms with E-state index >= 15 is 0 Å². The molecule has 0 saturated heterocycles. The summed E-state index contributed by atoms with van der Waals surface area (Å²) in [6.45, 7) is 3.21. The number of benzene rings is 1. The minimum atomic E-state index is -0.197. The van der Waals surface area contributed by atoms with Crippen LogP contribution in [0, 0.1) is 12.7 Å². The van der Waals surface area contributed by atoms with Gasteiger partial charge in [0.25, 0.3) is 0 Å². The van der Waals surface area contributed by atoms with Crippen molar-refractivity contribution in [2.24, 2.45) is 5.73 Å². The Balaban J connectivity index is 2.56. The highest BCUT2D eigenvalue weighted by atomic mass is 19.1. The highest BCUT2D eigenvalue weighted by molar-refractivity contribution is 5.45. The topological polar surface area (TPSA) is 38.0 Å². The number of nitrogens with one attached hydrogen (secondary N) is 1. The second-order valence-corrected chi connectivity index (χ2v) is 3.05. The first kappa shape index (κ1) is 9.99. The molecule has 0 fully saturated rings. The van der Waals surface area contributed by atoms with E-state index < -0.39 is 0 Å². The van der Waals surface area contributed by atoms with Crippen LogP contribution in [0.25, 0.3) is 0 Å². The standard InChI is InChI=1S/C10H15FN2/c1-8-3-4-10(9(11)7-8)13-6-2-5-12/h3-4,7,13H,2,5-6,12H2,1H3. The number of aryl methyl sites for hydroxylation is 1. The van der Waals surface area contributed by atoms with Crippen molar-refractivity contribution in [2.45, 2.75) is 13.3 Å². The van der Waals surface area contributed by atoms with Crippen LogP contribution in [0.5, 0.6) is 0 Å². The largest absolute Gasteiger partial charge is 0.383 e. The smallest absolute Gasteiger partial charge is 0.146 e. The number of halogens is 1. The molecular weight excluding hydrogens is 167 g/mol. The lowest BCUT2D eigenvalue weighted by Crippen LogP contribution is -2.09. The SMILES string of the molecule is Cc1ccc(NCCCN)c(F)c1. The zero-order valence-electron chi connectivity index (χ0n) is 7.81. The summed E-state index contributed by atoms with van der Waals surface area (Å²) in [6, 6.07) is 5.15. The van der Waals surface area contributed by atoms with Gasteiger partial charge in [0.15, 0.2) is 0 Å². The van der Waals surface area contributed by atoms with Gasteiger partial charge in [0.05, 0.1) is 5.69 Å². The fourth-order valence-corrected chi connectivity index (χ4v) is 1.09. The van der Waals surface area contributed by atoms with Crippen LogP contribution in [0.2, 0.25) is 0 Å². The van der Waals surface area contributed by atoms with Crippen molar-refractivity contribution in [3.8, 4) is 0 Å². The molecule has 0 bridgehead atoms. The second-order valence-electron chi connectivity index (χ2n) is 3.05. The van der Waals surface area contributed by atoms with Crippen LogP contribution < -0.4 is 11.1 Å². The highest BCUT2D eigenvalue weighted by Crippen LogP contribution is 2.14. The zero-order valence-corrected chi connectivity index (χ0v) is 7.81. The molecule has 0 aliphatic carbocycles. The number of rotatable bonds is 4. The van der Waals surface area contributed by atoms with Crippen molar-refractivity contribution >= 4 is 5.69 Å². The molecule has 3 N–H and O–H groups in total. The summed E-state index contributed by atoms with van der Waals surface area (Å²) in [4.78, 5) is 0. The number of hydrogen-bond donors (Lipinski definition) is 2. The van der Waals surface area contributed by atoms with E-state index in [4.69, 9.17) is 5.73 Å². The normalized spacial score (nSPS) is 10.1. The molecular formula is C10H15FN2. The van der Waals surface area contributed by atoms with Crippen molar-refractivity contribution < 1.29 is 4.39 Å². The predicted octanol–water partition coefficient (Wildman–Crippen LogP) is 1.89. The summed E-state index contributed by atoms with van der Waals surface area (Å²) >= 11 is 0.